The highest BCUT2D eigenvalue weighted by molar-refractivity contribution is 6.30. The predicted octanol–water partition coefficient (Wildman–Crippen LogP) is 2.91. The molecular formula is C22H28ClN3O3. The summed E-state index contributed by atoms with van der Waals surface area (Å²) in [6, 6.07) is 9.22. The van der Waals surface area contributed by atoms with E-state index in [0.717, 1.165) is 37.3 Å². The van der Waals surface area contributed by atoms with E-state index in [1.807, 2.05) is 18.2 Å². The molecule has 1 aromatic heterocycles. The summed E-state index contributed by atoms with van der Waals surface area (Å²) in [5, 5.41) is 3.96. The van der Waals surface area contributed by atoms with Crippen LogP contribution in [0.3, 0.4) is 0 Å². The summed E-state index contributed by atoms with van der Waals surface area (Å²) in [6.07, 6.45) is 1.77. The zero-order chi connectivity index (χ0) is 21.0. The maximum atomic E-state index is 13.2. The van der Waals surface area contributed by atoms with Crippen LogP contribution in [0.25, 0.3) is 0 Å². The van der Waals surface area contributed by atoms with E-state index in [2.05, 4.69) is 10.2 Å². The average Bonchev–Trinajstić information content (AvgIpc) is 2.68. The Labute approximate surface area is 176 Å². The van der Waals surface area contributed by atoms with Crippen LogP contribution in [0.2, 0.25) is 5.02 Å². The van der Waals surface area contributed by atoms with Crippen molar-refractivity contribution in [1.29, 1.82) is 0 Å². The molecule has 1 fully saturated rings. The second-order valence-corrected chi connectivity index (χ2v) is 8.83. The van der Waals surface area contributed by atoms with Gasteiger partial charge in [-0.2, -0.15) is 0 Å². The van der Waals surface area contributed by atoms with Gasteiger partial charge in [0.15, 0.2) is 0 Å². The number of benzene rings is 1. The summed E-state index contributed by atoms with van der Waals surface area (Å²) in [4.78, 5) is 28.0. The molecule has 156 valence electrons. The molecule has 0 saturated carbocycles. The van der Waals surface area contributed by atoms with Gasteiger partial charge in [-0.3, -0.25) is 14.5 Å². The number of halogens is 1. The Hall–Kier alpha value is -2.15. The molecule has 29 heavy (non-hydrogen) atoms. The number of hydrogen-bond donors (Lipinski definition) is 1. The minimum Gasteiger partial charge on any atom is -0.420 e. The molecule has 0 radical (unpaired) electrons. The van der Waals surface area contributed by atoms with Gasteiger partial charge >= 0.3 is 5.97 Å². The van der Waals surface area contributed by atoms with Crippen LogP contribution >= 0.6 is 11.6 Å². The second kappa shape index (κ2) is 9.11. The number of aromatic nitrogens is 1. The third-order valence-electron chi connectivity index (χ3n) is 4.88. The van der Waals surface area contributed by atoms with Crippen molar-refractivity contribution in [3.8, 4) is 5.75 Å². The molecule has 6 nitrogen and oxygen atoms in total. The first-order valence-electron chi connectivity index (χ1n) is 9.86. The van der Waals surface area contributed by atoms with Crippen molar-refractivity contribution in [2.24, 2.45) is 5.41 Å². The first-order valence-corrected chi connectivity index (χ1v) is 10.2. The number of hydrogen-bond acceptors (Lipinski definition) is 5. The molecular weight excluding hydrogens is 390 g/mol. The van der Waals surface area contributed by atoms with Crippen LogP contribution in [-0.4, -0.2) is 41.6 Å². The number of esters is 1. The number of piperazine rings is 1. The van der Waals surface area contributed by atoms with E-state index in [4.69, 9.17) is 16.3 Å². The van der Waals surface area contributed by atoms with Gasteiger partial charge in [-0.25, -0.2) is 0 Å². The largest absolute Gasteiger partial charge is 0.420 e. The molecule has 0 spiro atoms. The summed E-state index contributed by atoms with van der Waals surface area (Å²) in [7, 11) is 0. The number of nitrogens with one attached hydrogen (secondary N) is 1. The van der Waals surface area contributed by atoms with Gasteiger partial charge in [-0.15, -0.1) is 0 Å². The molecule has 1 saturated heterocycles. The lowest BCUT2D eigenvalue weighted by molar-refractivity contribution is -0.143. The number of ether oxygens (including phenoxy) is 1. The molecule has 1 aliphatic heterocycles. The lowest BCUT2D eigenvalue weighted by Crippen LogP contribution is -2.43. The minimum absolute atomic E-state index is 0.125. The quantitative estimate of drug-likeness (QED) is 0.758. The Bertz CT molecular complexity index is 910. The maximum Gasteiger partial charge on any atom is 0.316 e. The fraction of sp³-hybridized carbons (Fsp3) is 0.455. The molecule has 1 aliphatic rings. The average molecular weight is 418 g/mol. The van der Waals surface area contributed by atoms with Crippen LogP contribution in [0, 0.1) is 5.41 Å². The SMILES string of the molecule is CC(C)(C)C(=O)Oc1c(CN2CCNCC2)ccn(Cc2ccc(Cl)cc2)c1=O. The monoisotopic (exact) mass is 417 g/mol. The van der Waals surface area contributed by atoms with Gasteiger partial charge in [0, 0.05) is 49.5 Å². The van der Waals surface area contributed by atoms with Crippen LogP contribution in [0.4, 0.5) is 0 Å². The fourth-order valence-corrected chi connectivity index (χ4v) is 3.22. The van der Waals surface area contributed by atoms with E-state index in [1.54, 1.807) is 43.7 Å². The zero-order valence-electron chi connectivity index (χ0n) is 17.2. The van der Waals surface area contributed by atoms with E-state index >= 15 is 0 Å². The second-order valence-electron chi connectivity index (χ2n) is 8.40. The van der Waals surface area contributed by atoms with Crippen LogP contribution in [-0.2, 0) is 17.9 Å². The zero-order valence-corrected chi connectivity index (χ0v) is 18.0. The number of nitrogens with zero attached hydrogens (tertiary/aromatic N) is 2. The van der Waals surface area contributed by atoms with Crippen molar-refractivity contribution in [3.05, 3.63) is 63.0 Å². The van der Waals surface area contributed by atoms with E-state index < -0.39 is 11.4 Å². The van der Waals surface area contributed by atoms with Gasteiger partial charge in [0.05, 0.1) is 12.0 Å². The molecule has 0 unspecified atom stereocenters. The summed E-state index contributed by atoms with van der Waals surface area (Å²) >= 11 is 5.95. The first-order chi connectivity index (χ1) is 13.7. The van der Waals surface area contributed by atoms with Crippen LogP contribution in [0.15, 0.2) is 41.3 Å². The predicted molar refractivity (Wildman–Crippen MR) is 114 cm³/mol. The molecule has 1 aromatic carbocycles. The normalized spacial score (nSPS) is 15.3. The lowest BCUT2D eigenvalue weighted by Gasteiger charge is -2.28. The molecule has 1 N–H and O–H groups in total. The number of rotatable bonds is 5. The molecule has 0 amide bonds. The fourth-order valence-electron chi connectivity index (χ4n) is 3.09. The molecule has 7 heteroatoms. The molecule has 2 heterocycles. The van der Waals surface area contributed by atoms with Gasteiger partial charge in [-0.1, -0.05) is 23.7 Å². The van der Waals surface area contributed by atoms with Crippen molar-refractivity contribution in [3.63, 3.8) is 0 Å². The van der Waals surface area contributed by atoms with Crippen LogP contribution in [0.1, 0.15) is 31.9 Å². The summed E-state index contributed by atoms with van der Waals surface area (Å²) in [5.41, 5.74) is 0.682. The van der Waals surface area contributed by atoms with Crippen molar-refractivity contribution in [1.82, 2.24) is 14.8 Å². The summed E-state index contributed by atoms with van der Waals surface area (Å²) in [6.45, 7) is 9.88. The van der Waals surface area contributed by atoms with E-state index in [0.29, 0.717) is 18.1 Å². The smallest absolute Gasteiger partial charge is 0.316 e. The molecule has 0 atom stereocenters. The van der Waals surface area contributed by atoms with Gasteiger partial charge in [0.2, 0.25) is 5.75 Å². The van der Waals surface area contributed by atoms with Gasteiger partial charge in [0.25, 0.3) is 5.56 Å². The van der Waals surface area contributed by atoms with Crippen molar-refractivity contribution < 1.29 is 9.53 Å². The standard InChI is InChI=1S/C22H28ClN3O3/c1-22(2,3)21(28)29-19-17(15-25-12-9-24-10-13-25)8-11-26(20(19)27)14-16-4-6-18(23)7-5-16/h4-8,11,24H,9-10,12-15H2,1-3H3. The maximum absolute atomic E-state index is 13.2. The third kappa shape index (κ3) is 5.69. The highest BCUT2D eigenvalue weighted by Crippen LogP contribution is 2.22. The van der Waals surface area contributed by atoms with Gasteiger partial charge < -0.3 is 14.6 Å². The molecule has 3 rings (SSSR count). The Morgan fingerprint density at radius 3 is 2.38 bits per heavy atom. The van der Waals surface area contributed by atoms with E-state index in [1.165, 1.54) is 0 Å². The topological polar surface area (TPSA) is 63.6 Å². The number of carbonyl (C=O) groups excluding carboxylic acids is 1. The Kier molecular flexibility index (Phi) is 6.77. The van der Waals surface area contributed by atoms with E-state index in [9.17, 15) is 9.59 Å². The molecule has 0 aliphatic carbocycles. The van der Waals surface area contributed by atoms with Gasteiger partial charge in [0.1, 0.15) is 0 Å². The number of pyridine rings is 1. The Morgan fingerprint density at radius 2 is 1.76 bits per heavy atom. The van der Waals surface area contributed by atoms with Crippen molar-refractivity contribution in [2.75, 3.05) is 26.2 Å². The third-order valence-corrected chi connectivity index (χ3v) is 5.13. The first kappa shape index (κ1) is 21.6. The Balaban J connectivity index is 1.92. The number of carbonyl (C=O) groups is 1. The van der Waals surface area contributed by atoms with Crippen molar-refractivity contribution in [2.45, 2.75) is 33.9 Å². The minimum atomic E-state index is -0.699. The van der Waals surface area contributed by atoms with Crippen LogP contribution < -0.4 is 15.6 Å². The van der Waals surface area contributed by atoms with Crippen LogP contribution in [0.5, 0.6) is 5.75 Å². The summed E-state index contributed by atoms with van der Waals surface area (Å²) in [5.74, 6) is -0.291. The summed E-state index contributed by atoms with van der Waals surface area (Å²) < 4.78 is 7.21. The lowest BCUT2D eigenvalue weighted by atomic mass is 9.97. The molecule has 2 aromatic rings. The molecule has 0 bridgehead atoms. The van der Waals surface area contributed by atoms with Crippen molar-refractivity contribution >= 4 is 17.6 Å². The van der Waals surface area contributed by atoms with E-state index in [-0.39, 0.29) is 11.3 Å². The highest BCUT2D eigenvalue weighted by atomic mass is 35.5. The van der Waals surface area contributed by atoms with Gasteiger partial charge in [-0.05, 0) is 44.5 Å². The Morgan fingerprint density at radius 1 is 1.10 bits per heavy atom. The highest BCUT2D eigenvalue weighted by Gasteiger charge is 2.27.